The average Bonchev–Trinajstić information content (AvgIpc) is 1.95. The van der Waals surface area contributed by atoms with E-state index in [4.69, 9.17) is 17.0 Å². The quantitative estimate of drug-likeness (QED) is 0.465. The van der Waals surface area contributed by atoms with E-state index in [2.05, 4.69) is 13.8 Å². The fourth-order valence-electron chi connectivity index (χ4n) is 1.05. The maximum atomic E-state index is 5.18. The number of hydrogen-bond acceptors (Lipinski definition) is 2. The van der Waals surface area contributed by atoms with Gasteiger partial charge in [0.15, 0.2) is 5.05 Å². The maximum absolute atomic E-state index is 5.18. The Bertz CT molecular complexity index is 121. The minimum Gasteiger partial charge on any atom is -0.487 e. The van der Waals surface area contributed by atoms with Gasteiger partial charge in [0.1, 0.15) is 0 Å². The van der Waals surface area contributed by atoms with E-state index in [9.17, 15) is 0 Å². The van der Waals surface area contributed by atoms with Crippen molar-refractivity contribution in [3.8, 4) is 0 Å². The van der Waals surface area contributed by atoms with Crippen LogP contribution in [0.4, 0.5) is 0 Å². The normalized spacial score (nSPS) is 10.3. The van der Waals surface area contributed by atoms with E-state index in [0.717, 1.165) is 18.9 Å². The van der Waals surface area contributed by atoms with Crippen LogP contribution in [-0.4, -0.2) is 11.7 Å². The highest BCUT2D eigenvalue weighted by molar-refractivity contribution is 7.80. The molecule has 2 heteroatoms. The van der Waals surface area contributed by atoms with Crippen molar-refractivity contribution >= 4 is 17.3 Å². The summed E-state index contributed by atoms with van der Waals surface area (Å²) in [6.07, 6.45) is 5.05. The zero-order valence-corrected chi connectivity index (χ0v) is 9.25. The number of ether oxygens (including phenoxy) is 1. The van der Waals surface area contributed by atoms with Gasteiger partial charge >= 0.3 is 0 Å². The molecule has 0 N–H and O–H groups in total. The second kappa shape index (κ2) is 7.53. The van der Waals surface area contributed by atoms with Gasteiger partial charge in [-0.3, -0.25) is 0 Å². The first-order valence-corrected chi connectivity index (χ1v) is 5.17. The maximum Gasteiger partial charge on any atom is 0.156 e. The first kappa shape index (κ1) is 11.9. The summed E-state index contributed by atoms with van der Waals surface area (Å²) in [5.41, 5.74) is 0. The fraction of sp³-hybridized carbons (Fsp3) is 0.900. The van der Waals surface area contributed by atoms with Crippen LogP contribution in [0.2, 0.25) is 0 Å². The Morgan fingerprint density at radius 1 is 1.25 bits per heavy atom. The van der Waals surface area contributed by atoms with Crippen molar-refractivity contribution in [3.63, 3.8) is 0 Å². The molecule has 12 heavy (non-hydrogen) atoms. The standard InChI is InChI=1S/C10H20OS/c1-9(2)7-5-4-6-8-11-10(3)12/h9H,4-8H2,1-3H3. The lowest BCUT2D eigenvalue weighted by molar-refractivity contribution is 0.296. The summed E-state index contributed by atoms with van der Waals surface area (Å²) in [5, 5.41) is 0.666. The molecule has 0 aromatic rings. The molecule has 0 amide bonds. The van der Waals surface area contributed by atoms with E-state index in [1.165, 1.54) is 19.3 Å². The van der Waals surface area contributed by atoms with Gasteiger partial charge in [-0.25, -0.2) is 0 Å². The van der Waals surface area contributed by atoms with Gasteiger partial charge in [-0.05, 0) is 24.6 Å². The third-order valence-electron chi connectivity index (χ3n) is 1.73. The number of hydrogen-bond donors (Lipinski definition) is 0. The molecule has 72 valence electrons. The Morgan fingerprint density at radius 3 is 2.42 bits per heavy atom. The minimum absolute atomic E-state index is 0.666. The first-order chi connectivity index (χ1) is 5.63. The van der Waals surface area contributed by atoms with Gasteiger partial charge in [0.25, 0.3) is 0 Å². The van der Waals surface area contributed by atoms with Crippen molar-refractivity contribution < 1.29 is 4.74 Å². The van der Waals surface area contributed by atoms with Gasteiger partial charge in [0.05, 0.1) is 6.61 Å². The SMILES string of the molecule is CC(=S)OCCCCCC(C)C. The summed E-state index contributed by atoms with van der Waals surface area (Å²) < 4.78 is 5.18. The Hall–Kier alpha value is -0.110. The van der Waals surface area contributed by atoms with Gasteiger partial charge in [-0.1, -0.05) is 33.1 Å². The molecule has 0 aliphatic rings. The van der Waals surface area contributed by atoms with Crippen LogP contribution in [-0.2, 0) is 4.74 Å². The van der Waals surface area contributed by atoms with Crippen LogP contribution in [0.25, 0.3) is 0 Å². The molecular weight excluding hydrogens is 168 g/mol. The lowest BCUT2D eigenvalue weighted by Gasteiger charge is -2.05. The summed E-state index contributed by atoms with van der Waals surface area (Å²) in [7, 11) is 0. The van der Waals surface area contributed by atoms with Crippen LogP contribution < -0.4 is 0 Å². The van der Waals surface area contributed by atoms with Crippen molar-refractivity contribution in [1.29, 1.82) is 0 Å². The second-order valence-electron chi connectivity index (χ2n) is 3.58. The van der Waals surface area contributed by atoms with Gasteiger partial charge in [0.2, 0.25) is 0 Å². The molecule has 0 spiro atoms. The Balaban J connectivity index is 2.96. The minimum atomic E-state index is 0.666. The summed E-state index contributed by atoms with van der Waals surface area (Å²) in [6.45, 7) is 7.15. The predicted octanol–water partition coefficient (Wildman–Crippen LogP) is 3.57. The smallest absolute Gasteiger partial charge is 0.156 e. The summed E-state index contributed by atoms with van der Waals surface area (Å²) >= 11 is 4.79. The number of unbranched alkanes of at least 4 members (excludes halogenated alkanes) is 2. The van der Waals surface area contributed by atoms with Gasteiger partial charge in [0, 0.05) is 6.92 Å². The largest absolute Gasteiger partial charge is 0.487 e. The molecule has 0 radical (unpaired) electrons. The Morgan fingerprint density at radius 2 is 1.92 bits per heavy atom. The fourth-order valence-corrected chi connectivity index (χ4v) is 1.13. The molecule has 0 heterocycles. The zero-order valence-electron chi connectivity index (χ0n) is 8.43. The first-order valence-electron chi connectivity index (χ1n) is 4.76. The summed E-state index contributed by atoms with van der Waals surface area (Å²) in [4.78, 5) is 0. The highest BCUT2D eigenvalue weighted by atomic mass is 32.1. The van der Waals surface area contributed by atoms with Crippen molar-refractivity contribution in [2.75, 3.05) is 6.61 Å². The van der Waals surface area contributed by atoms with E-state index in [1.54, 1.807) is 0 Å². The molecule has 0 fully saturated rings. The molecule has 0 bridgehead atoms. The van der Waals surface area contributed by atoms with Crippen LogP contribution in [0.3, 0.4) is 0 Å². The van der Waals surface area contributed by atoms with E-state index in [0.29, 0.717) is 5.05 Å². The van der Waals surface area contributed by atoms with Crippen molar-refractivity contribution in [1.82, 2.24) is 0 Å². The lowest BCUT2D eigenvalue weighted by atomic mass is 10.1. The van der Waals surface area contributed by atoms with Crippen LogP contribution >= 0.6 is 12.2 Å². The molecule has 0 unspecified atom stereocenters. The molecule has 0 saturated carbocycles. The monoisotopic (exact) mass is 188 g/mol. The Labute approximate surface area is 81.5 Å². The van der Waals surface area contributed by atoms with Crippen molar-refractivity contribution in [2.24, 2.45) is 5.92 Å². The third kappa shape index (κ3) is 9.89. The van der Waals surface area contributed by atoms with Gasteiger partial charge in [-0.2, -0.15) is 0 Å². The van der Waals surface area contributed by atoms with Crippen molar-refractivity contribution in [2.45, 2.75) is 46.5 Å². The van der Waals surface area contributed by atoms with Crippen molar-refractivity contribution in [3.05, 3.63) is 0 Å². The second-order valence-corrected chi connectivity index (χ2v) is 4.16. The molecular formula is C10H20OS. The molecule has 0 saturated heterocycles. The zero-order chi connectivity index (χ0) is 9.40. The Kier molecular flexibility index (Phi) is 7.47. The van der Waals surface area contributed by atoms with Gasteiger partial charge < -0.3 is 4.74 Å². The van der Waals surface area contributed by atoms with Crippen LogP contribution in [0.5, 0.6) is 0 Å². The number of rotatable bonds is 6. The van der Waals surface area contributed by atoms with Crippen LogP contribution in [0.15, 0.2) is 0 Å². The predicted molar refractivity (Wildman–Crippen MR) is 57.5 cm³/mol. The molecule has 0 aromatic carbocycles. The molecule has 0 aliphatic carbocycles. The third-order valence-corrected chi connectivity index (χ3v) is 1.85. The highest BCUT2D eigenvalue weighted by Crippen LogP contribution is 2.07. The molecule has 0 atom stereocenters. The van der Waals surface area contributed by atoms with Gasteiger partial charge in [-0.15, -0.1) is 0 Å². The molecule has 0 aliphatic heterocycles. The number of thiocarbonyl (C=S) groups is 1. The summed E-state index contributed by atoms with van der Waals surface area (Å²) in [5.74, 6) is 0.832. The van der Waals surface area contributed by atoms with E-state index in [1.807, 2.05) is 6.92 Å². The summed E-state index contributed by atoms with van der Waals surface area (Å²) in [6, 6.07) is 0. The average molecular weight is 188 g/mol. The topological polar surface area (TPSA) is 9.23 Å². The molecule has 1 nitrogen and oxygen atoms in total. The lowest BCUT2D eigenvalue weighted by Crippen LogP contribution is -1.98. The van der Waals surface area contributed by atoms with E-state index < -0.39 is 0 Å². The van der Waals surface area contributed by atoms with E-state index >= 15 is 0 Å². The van der Waals surface area contributed by atoms with Crippen LogP contribution in [0.1, 0.15) is 46.5 Å². The molecule has 0 aromatic heterocycles. The van der Waals surface area contributed by atoms with Crippen LogP contribution in [0, 0.1) is 5.92 Å². The highest BCUT2D eigenvalue weighted by Gasteiger charge is 1.94. The van der Waals surface area contributed by atoms with E-state index in [-0.39, 0.29) is 0 Å². The molecule has 0 rings (SSSR count).